The molecular weight excluding hydrogens is 256 g/mol. The van der Waals surface area contributed by atoms with Crippen LogP contribution >= 0.6 is 0 Å². The number of H-pyrrole nitrogens is 1. The van der Waals surface area contributed by atoms with E-state index >= 15 is 0 Å². The second-order valence-electron chi connectivity index (χ2n) is 3.91. The number of aromatic nitrogens is 3. The van der Waals surface area contributed by atoms with Gasteiger partial charge in [0.25, 0.3) is 5.91 Å². The van der Waals surface area contributed by atoms with Crippen LogP contribution in [0.15, 0.2) is 18.2 Å². The average Bonchev–Trinajstić information content (AvgIpc) is 2.79. The summed E-state index contributed by atoms with van der Waals surface area (Å²) in [4.78, 5) is 15.4. The number of amides is 1. The summed E-state index contributed by atoms with van der Waals surface area (Å²) in [5.41, 5.74) is 5.70. The molecule has 1 aromatic heterocycles. The van der Waals surface area contributed by atoms with Crippen molar-refractivity contribution in [3.05, 3.63) is 41.2 Å². The van der Waals surface area contributed by atoms with E-state index in [-0.39, 0.29) is 11.8 Å². The highest BCUT2D eigenvalue weighted by Gasteiger charge is 2.15. The Labute approximate surface area is 107 Å². The number of benzene rings is 1. The topological polar surface area (TPSA) is 96.7 Å². The minimum absolute atomic E-state index is 0.0491. The first kappa shape index (κ1) is 12.9. The lowest BCUT2D eigenvalue weighted by Crippen LogP contribution is -2.27. The molecular formula is C11H11F2N5O. The van der Waals surface area contributed by atoms with Gasteiger partial charge in [0.1, 0.15) is 0 Å². The van der Waals surface area contributed by atoms with E-state index in [4.69, 9.17) is 5.73 Å². The summed E-state index contributed by atoms with van der Waals surface area (Å²) in [6, 6.07) is 2.89. The normalized spacial score (nSPS) is 12.2. The third-order valence-electron chi connectivity index (χ3n) is 2.51. The van der Waals surface area contributed by atoms with Crippen LogP contribution in [0.3, 0.4) is 0 Å². The average molecular weight is 267 g/mol. The van der Waals surface area contributed by atoms with Gasteiger partial charge in [-0.2, -0.15) is 4.98 Å². The van der Waals surface area contributed by atoms with Crippen molar-refractivity contribution in [3.8, 4) is 0 Å². The Kier molecular flexibility index (Phi) is 3.41. The van der Waals surface area contributed by atoms with E-state index < -0.39 is 23.6 Å². The molecule has 4 N–H and O–H groups in total. The molecule has 6 nitrogen and oxygen atoms in total. The van der Waals surface area contributed by atoms with E-state index in [0.29, 0.717) is 5.56 Å². The smallest absolute Gasteiger partial charge is 0.289 e. The zero-order valence-electron chi connectivity index (χ0n) is 9.95. The van der Waals surface area contributed by atoms with Crippen LogP contribution in [0.25, 0.3) is 0 Å². The van der Waals surface area contributed by atoms with Crippen molar-refractivity contribution in [2.24, 2.45) is 0 Å². The Morgan fingerprint density at radius 3 is 2.74 bits per heavy atom. The number of hydrogen-bond donors (Lipinski definition) is 3. The van der Waals surface area contributed by atoms with Crippen LogP contribution < -0.4 is 11.1 Å². The Morgan fingerprint density at radius 2 is 2.16 bits per heavy atom. The van der Waals surface area contributed by atoms with Crippen molar-refractivity contribution in [2.75, 3.05) is 5.73 Å². The lowest BCUT2D eigenvalue weighted by Gasteiger charge is -2.13. The highest BCUT2D eigenvalue weighted by atomic mass is 19.2. The van der Waals surface area contributed by atoms with E-state index in [0.717, 1.165) is 12.1 Å². The van der Waals surface area contributed by atoms with Crippen molar-refractivity contribution in [2.45, 2.75) is 13.0 Å². The number of nitrogen functional groups attached to an aromatic ring is 1. The largest absolute Gasteiger partial charge is 0.366 e. The molecule has 1 aromatic carbocycles. The van der Waals surface area contributed by atoms with Crippen molar-refractivity contribution in [1.82, 2.24) is 20.5 Å². The molecule has 1 atom stereocenters. The summed E-state index contributed by atoms with van der Waals surface area (Å²) in [5, 5.41) is 8.42. The monoisotopic (exact) mass is 267 g/mol. The molecule has 0 saturated heterocycles. The van der Waals surface area contributed by atoms with Crippen LogP contribution in [0.4, 0.5) is 14.7 Å². The van der Waals surface area contributed by atoms with Gasteiger partial charge in [-0.15, -0.1) is 5.10 Å². The number of aromatic amines is 1. The number of rotatable bonds is 3. The summed E-state index contributed by atoms with van der Waals surface area (Å²) < 4.78 is 25.9. The second-order valence-corrected chi connectivity index (χ2v) is 3.91. The molecule has 2 rings (SSSR count). The second kappa shape index (κ2) is 5.01. The molecule has 0 aliphatic heterocycles. The van der Waals surface area contributed by atoms with E-state index in [2.05, 4.69) is 20.5 Å². The van der Waals surface area contributed by atoms with E-state index in [9.17, 15) is 13.6 Å². The van der Waals surface area contributed by atoms with Gasteiger partial charge >= 0.3 is 0 Å². The minimum atomic E-state index is -0.970. The molecule has 19 heavy (non-hydrogen) atoms. The molecule has 0 aliphatic rings. The quantitative estimate of drug-likeness (QED) is 0.777. The van der Waals surface area contributed by atoms with E-state index in [1.54, 1.807) is 6.92 Å². The molecule has 0 spiro atoms. The number of nitrogens with one attached hydrogen (secondary N) is 2. The first-order valence-corrected chi connectivity index (χ1v) is 5.41. The van der Waals surface area contributed by atoms with Crippen LogP contribution in [-0.4, -0.2) is 21.1 Å². The predicted octanol–water partition coefficient (Wildman–Crippen LogP) is 1.16. The summed E-state index contributed by atoms with van der Waals surface area (Å²) in [6.45, 7) is 1.63. The SMILES string of the molecule is CC(NC(=O)c1nc(N)n[nH]1)c1ccc(F)c(F)c1. The van der Waals surface area contributed by atoms with Gasteiger partial charge in [-0.05, 0) is 24.6 Å². The third kappa shape index (κ3) is 2.84. The fraction of sp³-hybridized carbons (Fsp3) is 0.182. The summed E-state index contributed by atoms with van der Waals surface area (Å²) >= 11 is 0. The van der Waals surface area contributed by atoms with Gasteiger partial charge < -0.3 is 11.1 Å². The Balaban J connectivity index is 2.10. The van der Waals surface area contributed by atoms with E-state index in [1.807, 2.05) is 0 Å². The Hall–Kier alpha value is -2.51. The van der Waals surface area contributed by atoms with Gasteiger partial charge in [-0.1, -0.05) is 6.07 Å². The van der Waals surface area contributed by atoms with Crippen molar-refractivity contribution in [1.29, 1.82) is 0 Å². The maximum absolute atomic E-state index is 13.1. The van der Waals surface area contributed by atoms with Gasteiger partial charge in [0.05, 0.1) is 6.04 Å². The van der Waals surface area contributed by atoms with Gasteiger partial charge in [0, 0.05) is 0 Å². The fourth-order valence-corrected chi connectivity index (χ4v) is 1.51. The number of anilines is 1. The molecule has 0 bridgehead atoms. The number of nitrogens with two attached hydrogens (primary N) is 1. The van der Waals surface area contributed by atoms with Crippen LogP contribution in [0.1, 0.15) is 29.1 Å². The highest BCUT2D eigenvalue weighted by Crippen LogP contribution is 2.16. The van der Waals surface area contributed by atoms with Gasteiger partial charge in [0.15, 0.2) is 11.6 Å². The standard InChI is InChI=1S/C11H11F2N5O/c1-5(6-2-3-7(12)8(13)4-6)15-10(19)9-16-11(14)18-17-9/h2-5H,1H3,(H,15,19)(H3,14,16,17,18). The zero-order valence-corrected chi connectivity index (χ0v) is 9.95. The molecule has 0 saturated carbocycles. The maximum Gasteiger partial charge on any atom is 0.289 e. The van der Waals surface area contributed by atoms with Gasteiger partial charge in [-0.3, -0.25) is 9.89 Å². The number of nitrogens with zero attached hydrogens (tertiary/aromatic N) is 2. The lowest BCUT2D eigenvalue weighted by atomic mass is 10.1. The van der Waals surface area contributed by atoms with E-state index in [1.165, 1.54) is 6.07 Å². The number of hydrogen-bond acceptors (Lipinski definition) is 4. The lowest BCUT2D eigenvalue weighted by molar-refractivity contribution is 0.0929. The Bertz CT molecular complexity index is 613. The number of carbonyl (C=O) groups excluding carboxylic acids is 1. The Morgan fingerprint density at radius 1 is 1.42 bits per heavy atom. The first-order chi connectivity index (χ1) is 8.97. The fourth-order valence-electron chi connectivity index (χ4n) is 1.51. The maximum atomic E-state index is 13.1. The molecule has 2 aromatic rings. The molecule has 100 valence electrons. The van der Waals surface area contributed by atoms with Crippen LogP contribution in [-0.2, 0) is 0 Å². The molecule has 8 heteroatoms. The molecule has 0 radical (unpaired) electrons. The summed E-state index contributed by atoms with van der Waals surface area (Å²) in [5.74, 6) is -2.55. The molecule has 0 fully saturated rings. The predicted molar refractivity (Wildman–Crippen MR) is 63.0 cm³/mol. The van der Waals surface area contributed by atoms with Crippen molar-refractivity contribution < 1.29 is 13.6 Å². The van der Waals surface area contributed by atoms with Crippen LogP contribution in [0.5, 0.6) is 0 Å². The van der Waals surface area contributed by atoms with Crippen LogP contribution in [0, 0.1) is 11.6 Å². The molecule has 1 amide bonds. The zero-order chi connectivity index (χ0) is 14.0. The first-order valence-electron chi connectivity index (χ1n) is 5.41. The van der Waals surface area contributed by atoms with Crippen LogP contribution in [0.2, 0.25) is 0 Å². The van der Waals surface area contributed by atoms with Crippen molar-refractivity contribution in [3.63, 3.8) is 0 Å². The van der Waals surface area contributed by atoms with Crippen molar-refractivity contribution >= 4 is 11.9 Å². The number of halogens is 2. The number of carbonyl (C=O) groups is 1. The highest BCUT2D eigenvalue weighted by molar-refractivity contribution is 5.90. The minimum Gasteiger partial charge on any atom is -0.366 e. The molecule has 1 heterocycles. The van der Waals surface area contributed by atoms with Gasteiger partial charge in [0.2, 0.25) is 11.8 Å². The summed E-state index contributed by atoms with van der Waals surface area (Å²) in [6.07, 6.45) is 0. The van der Waals surface area contributed by atoms with Gasteiger partial charge in [-0.25, -0.2) is 8.78 Å². The summed E-state index contributed by atoms with van der Waals surface area (Å²) in [7, 11) is 0. The third-order valence-corrected chi connectivity index (χ3v) is 2.51. The molecule has 0 aliphatic carbocycles. The molecule has 1 unspecified atom stereocenters.